The number of pyridine rings is 1. The van der Waals surface area contributed by atoms with Crippen molar-refractivity contribution >= 4 is 22.7 Å². The first-order chi connectivity index (χ1) is 17.0. The molecule has 1 saturated heterocycles. The zero-order chi connectivity index (χ0) is 24.4. The van der Waals surface area contributed by atoms with Crippen LogP contribution in [0.15, 0.2) is 53.3 Å². The number of carboxylic acid groups (broad SMARTS) is 1. The Morgan fingerprint density at radius 1 is 1.00 bits per heavy atom. The molecule has 1 aromatic heterocycles. The summed E-state index contributed by atoms with van der Waals surface area (Å²) in [4.78, 5) is 28.4. The van der Waals surface area contributed by atoms with Gasteiger partial charge >= 0.3 is 6.09 Å². The predicted octanol–water partition coefficient (Wildman–Crippen LogP) is 3.00. The second-order valence-corrected chi connectivity index (χ2v) is 9.10. The van der Waals surface area contributed by atoms with Gasteiger partial charge in [-0.05, 0) is 54.8 Å². The second kappa shape index (κ2) is 9.87. The summed E-state index contributed by atoms with van der Waals surface area (Å²) in [6, 6.07) is 14.5. The standard InChI is InChI=1S/C26H30N4O5/c27-20-3-4-22-19(16-20)2-6-25(31)29(22)12-11-28-9-7-21(8-10-28)30(26(32)33)17-18-1-5-23-24(15-18)35-14-13-34-23/h1-6,15-16,21H,7-14,17,27H2,(H,32,33). The van der Waals surface area contributed by atoms with Crippen molar-refractivity contribution in [2.45, 2.75) is 32.0 Å². The van der Waals surface area contributed by atoms with Crippen LogP contribution in [-0.4, -0.2) is 64.5 Å². The lowest BCUT2D eigenvalue weighted by atomic mass is 10.0. The Labute approximate surface area is 203 Å². The topological polar surface area (TPSA) is 110 Å². The number of rotatable bonds is 6. The van der Waals surface area contributed by atoms with Gasteiger partial charge in [0.25, 0.3) is 5.56 Å². The van der Waals surface area contributed by atoms with E-state index < -0.39 is 6.09 Å². The van der Waals surface area contributed by atoms with Crippen molar-refractivity contribution in [2.24, 2.45) is 0 Å². The van der Waals surface area contributed by atoms with Gasteiger partial charge in [-0.25, -0.2) is 4.79 Å². The lowest BCUT2D eigenvalue weighted by molar-refractivity contribution is 0.0856. The van der Waals surface area contributed by atoms with E-state index in [1.54, 1.807) is 16.7 Å². The SMILES string of the molecule is Nc1ccc2c(ccc(=O)n2CCN2CCC(N(Cc3ccc4c(c3)OCCO4)C(=O)O)CC2)c1. The molecule has 35 heavy (non-hydrogen) atoms. The van der Waals surface area contributed by atoms with Crippen LogP contribution in [0.4, 0.5) is 10.5 Å². The number of likely N-dealkylation sites (tertiary alicyclic amines) is 1. The van der Waals surface area contributed by atoms with E-state index in [2.05, 4.69) is 4.90 Å². The lowest BCUT2D eigenvalue weighted by Gasteiger charge is -2.37. The average Bonchev–Trinajstić information content (AvgIpc) is 2.87. The number of aromatic nitrogens is 1. The lowest BCUT2D eigenvalue weighted by Crippen LogP contribution is -2.47. The molecule has 3 heterocycles. The van der Waals surface area contributed by atoms with E-state index in [0.717, 1.165) is 48.9 Å². The van der Waals surface area contributed by atoms with Crippen LogP contribution in [0.5, 0.6) is 11.5 Å². The number of ether oxygens (including phenoxy) is 2. The van der Waals surface area contributed by atoms with Gasteiger partial charge in [0.05, 0.1) is 5.52 Å². The summed E-state index contributed by atoms with van der Waals surface area (Å²) in [5.41, 5.74) is 8.28. The number of nitrogens with two attached hydrogens (primary N) is 1. The predicted molar refractivity (Wildman–Crippen MR) is 133 cm³/mol. The van der Waals surface area contributed by atoms with Crippen molar-refractivity contribution in [1.29, 1.82) is 0 Å². The zero-order valence-corrected chi connectivity index (χ0v) is 19.6. The van der Waals surface area contributed by atoms with Gasteiger partial charge in [0.1, 0.15) is 13.2 Å². The first kappa shape index (κ1) is 23.0. The highest BCUT2D eigenvalue weighted by Crippen LogP contribution is 2.31. The van der Waals surface area contributed by atoms with Crippen LogP contribution in [0.1, 0.15) is 18.4 Å². The molecule has 9 heteroatoms. The van der Waals surface area contributed by atoms with Crippen LogP contribution < -0.4 is 20.8 Å². The Kier molecular flexibility index (Phi) is 6.50. The average molecular weight is 479 g/mol. The van der Waals surface area contributed by atoms with Gasteiger partial charge < -0.3 is 34.7 Å². The molecule has 184 valence electrons. The Hall–Kier alpha value is -3.72. The molecule has 0 spiro atoms. The Morgan fingerprint density at radius 3 is 2.54 bits per heavy atom. The van der Waals surface area contributed by atoms with E-state index in [-0.39, 0.29) is 11.6 Å². The first-order valence-corrected chi connectivity index (χ1v) is 12.0. The number of benzene rings is 2. The van der Waals surface area contributed by atoms with Gasteiger partial charge in [0.15, 0.2) is 11.5 Å². The quantitative estimate of drug-likeness (QED) is 0.524. The largest absolute Gasteiger partial charge is 0.486 e. The van der Waals surface area contributed by atoms with Gasteiger partial charge in [-0.1, -0.05) is 6.07 Å². The van der Waals surface area contributed by atoms with Crippen molar-refractivity contribution in [3.05, 3.63) is 64.4 Å². The molecular weight excluding hydrogens is 448 g/mol. The number of piperidine rings is 1. The highest BCUT2D eigenvalue weighted by atomic mass is 16.6. The summed E-state index contributed by atoms with van der Waals surface area (Å²) < 4.78 is 13.0. The molecule has 0 unspecified atom stereocenters. The van der Waals surface area contributed by atoms with E-state index in [9.17, 15) is 14.7 Å². The molecule has 2 aliphatic heterocycles. The molecule has 0 aliphatic carbocycles. The third-order valence-electron chi connectivity index (χ3n) is 6.86. The molecule has 3 aromatic rings. The second-order valence-electron chi connectivity index (χ2n) is 9.10. The monoisotopic (exact) mass is 478 g/mol. The van der Waals surface area contributed by atoms with Crippen molar-refractivity contribution in [2.75, 3.05) is 38.6 Å². The Bertz CT molecular complexity index is 1280. The van der Waals surface area contributed by atoms with E-state index in [4.69, 9.17) is 15.2 Å². The molecule has 5 rings (SSSR count). The van der Waals surface area contributed by atoms with Gasteiger partial charge in [-0.15, -0.1) is 0 Å². The van der Waals surface area contributed by atoms with Crippen LogP contribution >= 0.6 is 0 Å². The van der Waals surface area contributed by atoms with E-state index >= 15 is 0 Å². The van der Waals surface area contributed by atoms with E-state index in [1.807, 2.05) is 36.4 Å². The molecule has 2 aromatic carbocycles. The number of anilines is 1. The number of fused-ring (bicyclic) bond motifs is 2. The minimum Gasteiger partial charge on any atom is -0.486 e. The summed E-state index contributed by atoms with van der Waals surface area (Å²) in [6.07, 6.45) is 0.579. The summed E-state index contributed by atoms with van der Waals surface area (Å²) in [6.45, 7) is 4.19. The van der Waals surface area contributed by atoms with Crippen molar-refractivity contribution < 1.29 is 19.4 Å². The third kappa shape index (κ3) is 5.05. The zero-order valence-electron chi connectivity index (χ0n) is 19.6. The summed E-state index contributed by atoms with van der Waals surface area (Å²) in [5.74, 6) is 1.37. The molecular formula is C26H30N4O5. The number of carbonyl (C=O) groups is 1. The molecule has 3 N–H and O–H groups in total. The molecule has 1 fully saturated rings. The minimum absolute atomic E-state index is 0.0337. The van der Waals surface area contributed by atoms with Crippen molar-refractivity contribution in [1.82, 2.24) is 14.4 Å². The maximum atomic E-state index is 12.5. The fourth-order valence-corrected chi connectivity index (χ4v) is 4.98. The summed E-state index contributed by atoms with van der Waals surface area (Å²) in [5, 5.41) is 10.8. The van der Waals surface area contributed by atoms with E-state index in [0.29, 0.717) is 43.5 Å². The highest BCUT2D eigenvalue weighted by molar-refractivity contribution is 5.82. The number of amides is 1. The fraction of sp³-hybridized carbons (Fsp3) is 0.385. The maximum absolute atomic E-state index is 12.5. The molecule has 0 radical (unpaired) electrons. The van der Waals surface area contributed by atoms with Crippen LogP contribution in [0.25, 0.3) is 10.9 Å². The Morgan fingerprint density at radius 2 is 1.77 bits per heavy atom. The number of nitrogens with zero attached hydrogens (tertiary/aromatic N) is 3. The van der Waals surface area contributed by atoms with Gasteiger partial charge in [-0.2, -0.15) is 0 Å². The highest BCUT2D eigenvalue weighted by Gasteiger charge is 2.28. The normalized spacial score (nSPS) is 16.3. The fourth-order valence-electron chi connectivity index (χ4n) is 4.98. The molecule has 0 bridgehead atoms. The Balaban J connectivity index is 1.20. The summed E-state index contributed by atoms with van der Waals surface area (Å²) >= 11 is 0. The maximum Gasteiger partial charge on any atom is 0.407 e. The van der Waals surface area contributed by atoms with Gasteiger partial charge in [-0.3, -0.25) is 4.79 Å². The third-order valence-corrected chi connectivity index (χ3v) is 6.86. The van der Waals surface area contributed by atoms with Gasteiger partial charge in [0, 0.05) is 55.9 Å². The smallest absolute Gasteiger partial charge is 0.407 e. The molecule has 0 saturated carbocycles. The number of hydrogen-bond donors (Lipinski definition) is 2. The summed E-state index contributed by atoms with van der Waals surface area (Å²) in [7, 11) is 0. The molecule has 9 nitrogen and oxygen atoms in total. The number of nitrogen functional groups attached to an aromatic ring is 1. The molecule has 0 atom stereocenters. The molecule has 2 aliphatic rings. The van der Waals surface area contributed by atoms with Crippen LogP contribution in [0, 0.1) is 0 Å². The van der Waals surface area contributed by atoms with Crippen LogP contribution in [0.3, 0.4) is 0 Å². The van der Waals surface area contributed by atoms with Crippen molar-refractivity contribution in [3.63, 3.8) is 0 Å². The minimum atomic E-state index is -0.917. The van der Waals surface area contributed by atoms with Crippen LogP contribution in [-0.2, 0) is 13.1 Å². The van der Waals surface area contributed by atoms with E-state index in [1.165, 1.54) is 4.90 Å². The molecule has 1 amide bonds. The number of hydrogen-bond acceptors (Lipinski definition) is 6. The first-order valence-electron chi connectivity index (χ1n) is 12.0. The van der Waals surface area contributed by atoms with Crippen LogP contribution in [0.2, 0.25) is 0 Å². The van der Waals surface area contributed by atoms with Crippen molar-refractivity contribution in [3.8, 4) is 11.5 Å². The van der Waals surface area contributed by atoms with Gasteiger partial charge in [0.2, 0.25) is 0 Å².